The van der Waals surface area contributed by atoms with E-state index in [0.717, 1.165) is 31.2 Å². The number of carbonyl (C=O) groups excluding carboxylic acids is 1. The zero-order chi connectivity index (χ0) is 23.3. The van der Waals surface area contributed by atoms with Gasteiger partial charge in [-0.25, -0.2) is 4.98 Å². The van der Waals surface area contributed by atoms with Crippen LogP contribution in [0.15, 0.2) is 63.2 Å². The number of hydrogen-bond donors (Lipinski definition) is 2. The van der Waals surface area contributed by atoms with Crippen LogP contribution < -0.4 is 10.9 Å². The zero-order valence-corrected chi connectivity index (χ0v) is 19.3. The van der Waals surface area contributed by atoms with Crippen LogP contribution in [0.25, 0.3) is 22.4 Å². The number of pyridine rings is 1. The van der Waals surface area contributed by atoms with Crippen molar-refractivity contribution in [2.24, 2.45) is 0 Å². The SMILES string of the molecule is O=C(CCSc1nc2ccccc2c(=O)[nH]1)NC1CCC(c2nnc(-c3ccncc3)o2)CC1. The molecule has 1 amide bonds. The average Bonchev–Trinajstić information content (AvgIpc) is 3.36. The minimum absolute atomic E-state index is 0.0110. The molecule has 1 fully saturated rings. The van der Waals surface area contributed by atoms with Gasteiger partial charge in [0, 0.05) is 42.1 Å². The van der Waals surface area contributed by atoms with E-state index >= 15 is 0 Å². The van der Waals surface area contributed by atoms with Crippen molar-refractivity contribution in [3.63, 3.8) is 0 Å². The van der Waals surface area contributed by atoms with Gasteiger partial charge < -0.3 is 14.7 Å². The lowest BCUT2D eigenvalue weighted by Gasteiger charge is -2.27. The Kier molecular flexibility index (Phi) is 6.66. The number of H-pyrrole nitrogens is 1. The summed E-state index contributed by atoms with van der Waals surface area (Å²) in [6, 6.07) is 11.1. The number of fused-ring (bicyclic) bond motifs is 1. The van der Waals surface area contributed by atoms with Crippen molar-refractivity contribution in [2.45, 2.75) is 49.2 Å². The number of amides is 1. The van der Waals surface area contributed by atoms with E-state index < -0.39 is 0 Å². The first-order chi connectivity index (χ1) is 16.7. The first kappa shape index (κ1) is 22.3. The van der Waals surface area contributed by atoms with Crippen LogP contribution in [0.1, 0.15) is 43.9 Å². The van der Waals surface area contributed by atoms with Crippen LogP contribution >= 0.6 is 11.8 Å². The fraction of sp³-hybridized carbons (Fsp3) is 0.333. The Morgan fingerprint density at radius 1 is 1.09 bits per heavy atom. The Morgan fingerprint density at radius 2 is 1.88 bits per heavy atom. The summed E-state index contributed by atoms with van der Waals surface area (Å²) in [6.07, 6.45) is 7.28. The highest BCUT2D eigenvalue weighted by atomic mass is 32.2. The molecule has 1 aromatic carbocycles. The van der Waals surface area contributed by atoms with Crippen LogP contribution in [0.5, 0.6) is 0 Å². The Bertz CT molecular complexity index is 1330. The Hall–Kier alpha value is -3.53. The molecule has 2 N–H and O–H groups in total. The molecule has 1 aliphatic carbocycles. The lowest BCUT2D eigenvalue weighted by Crippen LogP contribution is -2.37. The molecule has 0 saturated heterocycles. The van der Waals surface area contributed by atoms with Gasteiger partial charge in [0.2, 0.25) is 17.7 Å². The summed E-state index contributed by atoms with van der Waals surface area (Å²) in [6.45, 7) is 0. The summed E-state index contributed by atoms with van der Waals surface area (Å²) >= 11 is 1.38. The molecule has 0 bridgehead atoms. The lowest BCUT2D eigenvalue weighted by molar-refractivity contribution is -0.121. The molecule has 174 valence electrons. The Labute approximate surface area is 199 Å². The molecule has 3 aromatic heterocycles. The highest BCUT2D eigenvalue weighted by molar-refractivity contribution is 7.99. The van der Waals surface area contributed by atoms with E-state index in [1.165, 1.54) is 11.8 Å². The van der Waals surface area contributed by atoms with Crippen LogP contribution in [0.2, 0.25) is 0 Å². The van der Waals surface area contributed by atoms with Gasteiger partial charge in [-0.05, 0) is 49.9 Å². The Morgan fingerprint density at radius 3 is 2.71 bits per heavy atom. The van der Waals surface area contributed by atoms with E-state index in [-0.39, 0.29) is 23.4 Å². The van der Waals surface area contributed by atoms with Crippen LogP contribution in [-0.2, 0) is 4.79 Å². The van der Waals surface area contributed by atoms with E-state index in [4.69, 9.17) is 4.42 Å². The third-order valence-corrected chi connectivity index (χ3v) is 6.84. The van der Waals surface area contributed by atoms with Gasteiger partial charge in [-0.15, -0.1) is 10.2 Å². The summed E-state index contributed by atoms with van der Waals surface area (Å²) in [5.41, 5.74) is 1.35. The molecule has 4 aromatic rings. The van der Waals surface area contributed by atoms with Gasteiger partial charge in [-0.1, -0.05) is 23.9 Å². The van der Waals surface area contributed by atoms with Crippen molar-refractivity contribution < 1.29 is 9.21 Å². The highest BCUT2D eigenvalue weighted by Gasteiger charge is 2.27. The fourth-order valence-corrected chi connectivity index (χ4v) is 4.98. The Balaban J connectivity index is 1.07. The highest BCUT2D eigenvalue weighted by Crippen LogP contribution is 2.33. The molecule has 1 saturated carbocycles. The molecule has 0 atom stereocenters. The molecule has 0 spiro atoms. The fourth-order valence-electron chi connectivity index (χ4n) is 4.17. The summed E-state index contributed by atoms with van der Waals surface area (Å²) in [7, 11) is 0. The minimum atomic E-state index is -0.163. The largest absolute Gasteiger partial charge is 0.420 e. The van der Waals surface area contributed by atoms with Gasteiger partial charge >= 0.3 is 0 Å². The van der Waals surface area contributed by atoms with Crippen LogP contribution in [0, 0.1) is 0 Å². The van der Waals surface area contributed by atoms with Crippen molar-refractivity contribution in [2.75, 3.05) is 5.75 Å². The van der Waals surface area contributed by atoms with Gasteiger partial charge in [0.05, 0.1) is 10.9 Å². The quantitative estimate of drug-likeness (QED) is 0.305. The third kappa shape index (κ3) is 5.17. The van der Waals surface area contributed by atoms with E-state index in [0.29, 0.717) is 40.0 Å². The second-order valence-electron chi connectivity index (χ2n) is 8.28. The molecule has 3 heterocycles. The number of hydrogen-bond acceptors (Lipinski definition) is 8. The van der Waals surface area contributed by atoms with Crippen LogP contribution in [0.4, 0.5) is 0 Å². The number of para-hydroxylation sites is 1. The first-order valence-electron chi connectivity index (χ1n) is 11.3. The van der Waals surface area contributed by atoms with E-state index in [9.17, 15) is 9.59 Å². The topological polar surface area (TPSA) is 127 Å². The molecular formula is C24H24N6O3S. The number of nitrogens with one attached hydrogen (secondary N) is 2. The minimum Gasteiger partial charge on any atom is -0.420 e. The second kappa shape index (κ2) is 10.2. The molecular weight excluding hydrogens is 452 g/mol. The van der Waals surface area contributed by atoms with Crippen molar-refractivity contribution in [1.82, 2.24) is 30.5 Å². The summed E-state index contributed by atoms with van der Waals surface area (Å²) in [5.74, 6) is 1.93. The summed E-state index contributed by atoms with van der Waals surface area (Å²) in [5, 5.41) is 12.6. The maximum atomic E-state index is 12.4. The molecule has 5 rings (SSSR count). The van der Waals surface area contributed by atoms with Crippen LogP contribution in [-0.4, -0.2) is 42.9 Å². The number of nitrogens with zero attached hydrogens (tertiary/aromatic N) is 4. The van der Waals surface area contributed by atoms with Gasteiger partial charge in [0.15, 0.2) is 5.16 Å². The van der Waals surface area contributed by atoms with E-state index in [1.54, 1.807) is 18.5 Å². The van der Waals surface area contributed by atoms with Crippen molar-refractivity contribution in [3.8, 4) is 11.5 Å². The molecule has 10 heteroatoms. The second-order valence-corrected chi connectivity index (χ2v) is 9.37. The molecule has 9 nitrogen and oxygen atoms in total. The van der Waals surface area contributed by atoms with Gasteiger partial charge in [0.25, 0.3) is 5.56 Å². The normalized spacial score (nSPS) is 18.1. The standard InChI is InChI=1S/C24H24N6O3S/c31-20(11-14-34-24-27-19-4-2-1-3-18(19)21(32)28-24)26-17-7-5-15(6-8-17)22-29-30-23(33-22)16-9-12-25-13-10-16/h1-4,9-10,12-13,15,17H,5-8,11,14H2,(H,26,31)(H,27,28,32). The predicted octanol–water partition coefficient (Wildman–Crippen LogP) is 3.69. The lowest BCUT2D eigenvalue weighted by atomic mass is 9.86. The number of benzene rings is 1. The third-order valence-electron chi connectivity index (χ3n) is 5.97. The summed E-state index contributed by atoms with van der Waals surface area (Å²) < 4.78 is 5.88. The molecule has 0 aliphatic heterocycles. The number of thioether (sulfide) groups is 1. The molecule has 0 radical (unpaired) electrons. The first-order valence-corrected chi connectivity index (χ1v) is 12.3. The van der Waals surface area contributed by atoms with E-state index in [2.05, 4.69) is 30.5 Å². The number of aromatic nitrogens is 5. The smallest absolute Gasteiger partial charge is 0.259 e. The average molecular weight is 477 g/mol. The van der Waals surface area contributed by atoms with Crippen molar-refractivity contribution >= 4 is 28.6 Å². The molecule has 34 heavy (non-hydrogen) atoms. The molecule has 1 aliphatic rings. The van der Waals surface area contributed by atoms with E-state index in [1.807, 2.05) is 30.3 Å². The van der Waals surface area contributed by atoms with Crippen molar-refractivity contribution in [1.29, 1.82) is 0 Å². The van der Waals surface area contributed by atoms with Crippen molar-refractivity contribution in [3.05, 3.63) is 65.0 Å². The zero-order valence-electron chi connectivity index (χ0n) is 18.4. The van der Waals surface area contributed by atoms with Gasteiger partial charge in [0.1, 0.15) is 0 Å². The van der Waals surface area contributed by atoms with Crippen LogP contribution in [0.3, 0.4) is 0 Å². The maximum absolute atomic E-state index is 12.4. The predicted molar refractivity (Wildman–Crippen MR) is 128 cm³/mol. The number of carbonyl (C=O) groups is 1. The summed E-state index contributed by atoms with van der Waals surface area (Å²) in [4.78, 5) is 35.8. The number of aromatic amines is 1. The van der Waals surface area contributed by atoms with Gasteiger partial charge in [-0.3, -0.25) is 14.6 Å². The number of rotatable bonds is 7. The monoisotopic (exact) mass is 476 g/mol. The molecule has 0 unspecified atom stereocenters. The van der Waals surface area contributed by atoms with Gasteiger partial charge in [-0.2, -0.15) is 0 Å². The maximum Gasteiger partial charge on any atom is 0.259 e.